The van der Waals surface area contributed by atoms with E-state index in [-0.39, 0.29) is 31.1 Å². The molecule has 0 aromatic heterocycles. The number of urea groups is 1. The van der Waals surface area contributed by atoms with E-state index in [9.17, 15) is 9.59 Å². The van der Waals surface area contributed by atoms with Crippen molar-refractivity contribution in [3.05, 3.63) is 18.2 Å². The zero-order valence-electron chi connectivity index (χ0n) is 19.3. The summed E-state index contributed by atoms with van der Waals surface area (Å²) < 4.78 is 16.0. The first-order valence-corrected chi connectivity index (χ1v) is 10.8. The van der Waals surface area contributed by atoms with Gasteiger partial charge in [0.2, 0.25) is 6.79 Å². The van der Waals surface area contributed by atoms with Gasteiger partial charge in [0.05, 0.1) is 6.17 Å². The van der Waals surface area contributed by atoms with Crippen LogP contribution in [0.25, 0.3) is 0 Å². The van der Waals surface area contributed by atoms with Crippen LogP contribution in [0.15, 0.2) is 18.2 Å². The predicted octanol–water partition coefficient (Wildman–Crippen LogP) is 1.57. The Kier molecular flexibility index (Phi) is 7.64. The Labute approximate surface area is 188 Å². The fourth-order valence-electron chi connectivity index (χ4n) is 3.36. The largest absolute Gasteiger partial charge is 0.454 e. The number of benzene rings is 1. The van der Waals surface area contributed by atoms with Crippen molar-refractivity contribution < 1.29 is 23.8 Å². The summed E-state index contributed by atoms with van der Waals surface area (Å²) in [6.45, 7) is 8.83. The highest BCUT2D eigenvalue weighted by atomic mass is 16.7. The van der Waals surface area contributed by atoms with E-state index in [1.165, 1.54) is 4.90 Å². The fourth-order valence-corrected chi connectivity index (χ4v) is 3.36. The highest BCUT2D eigenvalue weighted by Gasteiger charge is 2.26. The van der Waals surface area contributed by atoms with Crippen molar-refractivity contribution in [2.24, 2.45) is 0 Å². The Hall–Kier alpha value is -2.76. The van der Waals surface area contributed by atoms with Gasteiger partial charge in [0.25, 0.3) is 0 Å². The lowest BCUT2D eigenvalue weighted by Crippen LogP contribution is -2.68. The van der Waals surface area contributed by atoms with E-state index >= 15 is 0 Å². The minimum atomic E-state index is -0.523. The molecule has 3 rings (SSSR count). The molecule has 1 fully saturated rings. The van der Waals surface area contributed by atoms with Crippen LogP contribution in [0.3, 0.4) is 0 Å². The monoisotopic (exact) mass is 450 g/mol. The lowest BCUT2D eigenvalue weighted by atomic mass is 10.1. The number of ether oxygens (including phenoxy) is 3. The van der Waals surface area contributed by atoms with Crippen LogP contribution in [-0.2, 0) is 4.74 Å². The summed E-state index contributed by atoms with van der Waals surface area (Å²) >= 11 is 0. The summed E-state index contributed by atoms with van der Waals surface area (Å²) in [5, 5.41) is 15.6. The van der Waals surface area contributed by atoms with Crippen LogP contribution >= 0.6 is 0 Å². The molecule has 0 radical (unpaired) electrons. The molecule has 0 bridgehead atoms. The van der Waals surface area contributed by atoms with Crippen LogP contribution in [0.1, 0.15) is 34.1 Å². The minimum Gasteiger partial charge on any atom is -0.454 e. The summed E-state index contributed by atoms with van der Waals surface area (Å²) in [5.74, 6) is 1.26. The molecule has 0 spiro atoms. The second-order valence-corrected chi connectivity index (χ2v) is 8.98. The molecule has 1 saturated heterocycles. The zero-order chi connectivity index (χ0) is 23.3. The summed E-state index contributed by atoms with van der Waals surface area (Å²) in [5.41, 5.74) is 0.0840. The Morgan fingerprint density at radius 1 is 1.22 bits per heavy atom. The Balaban J connectivity index is 1.42. The van der Waals surface area contributed by atoms with Gasteiger partial charge >= 0.3 is 12.1 Å². The molecule has 2 aliphatic heterocycles. The maximum Gasteiger partial charge on any atom is 0.410 e. The predicted molar refractivity (Wildman–Crippen MR) is 120 cm³/mol. The van der Waals surface area contributed by atoms with Gasteiger partial charge in [0.15, 0.2) is 11.5 Å². The van der Waals surface area contributed by atoms with Crippen LogP contribution in [0, 0.1) is 0 Å². The van der Waals surface area contributed by atoms with E-state index in [4.69, 9.17) is 14.2 Å². The number of amides is 3. The van der Waals surface area contributed by atoms with Crippen LogP contribution < -0.4 is 36.1 Å². The van der Waals surface area contributed by atoms with Gasteiger partial charge in [0, 0.05) is 37.9 Å². The normalized spacial score (nSPS) is 22.2. The lowest BCUT2D eigenvalue weighted by Gasteiger charge is -2.37. The lowest BCUT2D eigenvalue weighted by molar-refractivity contribution is 0.0297. The molecular weight excluding hydrogens is 416 g/mol. The van der Waals surface area contributed by atoms with E-state index < -0.39 is 11.9 Å². The molecule has 0 aliphatic carbocycles. The molecular formula is C21H34N6O5. The number of carbonyl (C=O) groups excluding carboxylic acids is 2. The molecule has 178 valence electrons. The second kappa shape index (κ2) is 10.2. The third-order valence-electron chi connectivity index (χ3n) is 4.86. The Morgan fingerprint density at radius 3 is 2.72 bits per heavy atom. The molecule has 3 amide bonds. The molecule has 3 unspecified atom stereocenters. The molecule has 1 aromatic carbocycles. The van der Waals surface area contributed by atoms with Gasteiger partial charge in [-0.05, 0) is 46.2 Å². The van der Waals surface area contributed by atoms with Gasteiger partial charge in [-0.3, -0.25) is 16.0 Å². The number of carbonyl (C=O) groups is 2. The average Bonchev–Trinajstić information content (AvgIpc) is 3.13. The first kappa shape index (κ1) is 23.9. The summed E-state index contributed by atoms with van der Waals surface area (Å²) in [6.07, 6.45) is 0.00613. The molecule has 0 saturated carbocycles. The van der Waals surface area contributed by atoms with Crippen molar-refractivity contribution in [3.63, 3.8) is 0 Å². The van der Waals surface area contributed by atoms with Gasteiger partial charge in [-0.25, -0.2) is 9.59 Å². The average molecular weight is 451 g/mol. The maximum absolute atomic E-state index is 12.4. The molecule has 2 heterocycles. The zero-order valence-corrected chi connectivity index (χ0v) is 19.3. The highest BCUT2D eigenvalue weighted by molar-refractivity contribution is 5.89. The van der Waals surface area contributed by atoms with Crippen molar-refractivity contribution in [1.29, 1.82) is 0 Å². The maximum atomic E-state index is 12.4. The molecule has 2 aliphatic rings. The fraction of sp³-hybridized carbons (Fsp3) is 0.619. The van der Waals surface area contributed by atoms with Crippen LogP contribution in [0.4, 0.5) is 15.3 Å². The van der Waals surface area contributed by atoms with Crippen molar-refractivity contribution in [2.45, 2.75) is 58.2 Å². The van der Waals surface area contributed by atoms with Gasteiger partial charge < -0.3 is 29.7 Å². The number of anilines is 1. The SMILES string of the molecule is CC1CC(NCCN(C)C(=O)OC(C)(C)C)NC(NC(=O)Nc2ccc3c(c2)OCO3)N1. The molecule has 5 N–H and O–H groups in total. The second-order valence-electron chi connectivity index (χ2n) is 8.98. The van der Waals surface area contributed by atoms with Crippen LogP contribution in [0.2, 0.25) is 0 Å². The van der Waals surface area contributed by atoms with E-state index in [0.717, 1.165) is 6.42 Å². The van der Waals surface area contributed by atoms with Gasteiger partial charge in [-0.1, -0.05) is 0 Å². The van der Waals surface area contributed by atoms with E-state index in [0.29, 0.717) is 30.3 Å². The molecule has 11 nitrogen and oxygen atoms in total. The number of hydrogen-bond acceptors (Lipinski definition) is 8. The number of hydrogen-bond donors (Lipinski definition) is 5. The Bertz CT molecular complexity index is 814. The van der Waals surface area contributed by atoms with E-state index in [2.05, 4.69) is 26.6 Å². The summed E-state index contributed by atoms with van der Waals surface area (Å²) in [7, 11) is 1.71. The quantitative estimate of drug-likeness (QED) is 0.442. The highest BCUT2D eigenvalue weighted by Crippen LogP contribution is 2.34. The summed E-state index contributed by atoms with van der Waals surface area (Å²) in [4.78, 5) is 26.0. The van der Waals surface area contributed by atoms with Crippen LogP contribution in [0.5, 0.6) is 11.5 Å². The number of nitrogens with one attached hydrogen (secondary N) is 5. The van der Waals surface area contributed by atoms with E-state index in [1.807, 2.05) is 27.7 Å². The summed E-state index contributed by atoms with van der Waals surface area (Å²) in [6, 6.07) is 5.05. The van der Waals surface area contributed by atoms with Gasteiger partial charge in [0.1, 0.15) is 11.9 Å². The number of likely N-dealkylation sites (N-methyl/N-ethyl adjacent to an activating group) is 1. The van der Waals surface area contributed by atoms with Crippen molar-refractivity contribution >= 4 is 17.8 Å². The molecule has 3 atom stereocenters. The number of nitrogens with zero attached hydrogens (tertiary/aromatic N) is 1. The van der Waals surface area contributed by atoms with Crippen molar-refractivity contribution in [1.82, 2.24) is 26.2 Å². The standard InChI is InChI=1S/C21H34N6O5/c1-13-10-17(22-8-9-27(5)20(29)32-21(2,3)4)25-18(23-13)26-19(28)24-14-6-7-15-16(11-14)31-12-30-15/h6-7,11,13,17-18,22-23,25H,8-10,12H2,1-5H3,(H2,24,26,28). The molecule has 1 aromatic rings. The first-order chi connectivity index (χ1) is 15.1. The minimum absolute atomic E-state index is 0.0332. The number of rotatable bonds is 6. The topological polar surface area (TPSA) is 125 Å². The van der Waals surface area contributed by atoms with E-state index in [1.54, 1.807) is 25.2 Å². The first-order valence-electron chi connectivity index (χ1n) is 10.8. The third-order valence-corrected chi connectivity index (χ3v) is 4.86. The Morgan fingerprint density at radius 2 is 1.97 bits per heavy atom. The van der Waals surface area contributed by atoms with Crippen LogP contribution in [-0.4, -0.2) is 68.1 Å². The number of fused-ring (bicyclic) bond motifs is 1. The smallest absolute Gasteiger partial charge is 0.410 e. The third kappa shape index (κ3) is 7.14. The van der Waals surface area contributed by atoms with Gasteiger partial charge in [-0.15, -0.1) is 0 Å². The van der Waals surface area contributed by atoms with Crippen molar-refractivity contribution in [3.8, 4) is 11.5 Å². The van der Waals surface area contributed by atoms with Crippen molar-refractivity contribution in [2.75, 3.05) is 32.2 Å². The van der Waals surface area contributed by atoms with Gasteiger partial charge in [-0.2, -0.15) is 0 Å². The molecule has 11 heteroatoms. The molecule has 32 heavy (non-hydrogen) atoms.